The van der Waals surface area contributed by atoms with Crippen molar-refractivity contribution in [3.8, 4) is 5.75 Å². The molecule has 0 aliphatic carbocycles. The fraction of sp³-hybridized carbons (Fsp3) is 0.409. The second-order valence-electron chi connectivity index (χ2n) is 7.74. The number of amides is 1. The van der Waals surface area contributed by atoms with E-state index in [0.717, 1.165) is 12.1 Å². The highest BCUT2D eigenvalue weighted by atomic mass is 35.5. The Balaban J connectivity index is 1.75. The molecule has 0 aromatic heterocycles. The maximum Gasteiger partial charge on any atom is 0.417 e. The van der Waals surface area contributed by atoms with Crippen LogP contribution in [0.2, 0.25) is 5.02 Å². The van der Waals surface area contributed by atoms with Gasteiger partial charge < -0.3 is 10.1 Å². The van der Waals surface area contributed by atoms with Crippen LogP contribution >= 0.6 is 11.6 Å². The first-order chi connectivity index (χ1) is 15.4. The minimum absolute atomic E-state index is 0.0566. The molecule has 33 heavy (non-hydrogen) atoms. The van der Waals surface area contributed by atoms with Gasteiger partial charge in [0, 0.05) is 18.8 Å². The van der Waals surface area contributed by atoms with Crippen molar-refractivity contribution in [1.82, 2.24) is 4.31 Å². The van der Waals surface area contributed by atoms with Gasteiger partial charge in [-0.15, -0.1) is 0 Å². The first-order valence-corrected chi connectivity index (χ1v) is 12.2. The zero-order chi connectivity index (χ0) is 24.4. The van der Waals surface area contributed by atoms with Crippen molar-refractivity contribution in [3.63, 3.8) is 0 Å². The lowest BCUT2D eigenvalue weighted by Gasteiger charge is -2.31. The number of carbonyl (C=O) groups excluding carboxylic acids is 1. The van der Waals surface area contributed by atoms with E-state index in [1.807, 2.05) is 6.92 Å². The lowest BCUT2D eigenvalue weighted by atomic mass is 9.98. The summed E-state index contributed by atoms with van der Waals surface area (Å²) in [6, 6.07) is 7.68. The number of aryl methyl sites for hydroxylation is 1. The van der Waals surface area contributed by atoms with Crippen molar-refractivity contribution >= 4 is 33.2 Å². The van der Waals surface area contributed by atoms with Gasteiger partial charge in [-0.3, -0.25) is 4.79 Å². The maximum atomic E-state index is 13.1. The van der Waals surface area contributed by atoms with E-state index in [2.05, 4.69) is 5.32 Å². The highest BCUT2D eigenvalue weighted by Crippen LogP contribution is 2.36. The first kappa shape index (κ1) is 25.3. The Bertz CT molecular complexity index is 1140. The molecule has 1 heterocycles. The van der Waals surface area contributed by atoms with Gasteiger partial charge in [-0.2, -0.15) is 17.5 Å². The van der Waals surface area contributed by atoms with Gasteiger partial charge >= 0.3 is 6.18 Å². The molecule has 0 bridgehead atoms. The molecule has 3 rings (SSSR count). The fourth-order valence-corrected chi connectivity index (χ4v) is 5.52. The molecule has 1 amide bonds. The summed E-state index contributed by atoms with van der Waals surface area (Å²) >= 11 is 5.62. The molecule has 1 aliphatic heterocycles. The van der Waals surface area contributed by atoms with Gasteiger partial charge in [0.25, 0.3) is 0 Å². The molecule has 180 valence electrons. The monoisotopic (exact) mass is 504 g/mol. The van der Waals surface area contributed by atoms with Gasteiger partial charge in [0.1, 0.15) is 5.75 Å². The van der Waals surface area contributed by atoms with E-state index in [4.69, 9.17) is 16.3 Å². The number of carbonyl (C=O) groups is 1. The van der Waals surface area contributed by atoms with Crippen molar-refractivity contribution in [3.05, 3.63) is 52.5 Å². The number of hydrogen-bond donors (Lipinski definition) is 1. The lowest BCUT2D eigenvalue weighted by Crippen LogP contribution is -2.43. The van der Waals surface area contributed by atoms with E-state index in [1.54, 1.807) is 13.0 Å². The van der Waals surface area contributed by atoms with Crippen molar-refractivity contribution in [2.45, 2.75) is 37.8 Å². The molecule has 2 aromatic carbocycles. The number of benzene rings is 2. The molecule has 2 aromatic rings. The summed E-state index contributed by atoms with van der Waals surface area (Å²) in [5.41, 5.74) is -0.438. The molecule has 1 N–H and O–H groups in total. The Morgan fingerprint density at radius 3 is 2.61 bits per heavy atom. The Labute approximate surface area is 195 Å². The van der Waals surface area contributed by atoms with Crippen LogP contribution in [-0.2, 0) is 21.0 Å². The zero-order valence-corrected chi connectivity index (χ0v) is 19.6. The second-order valence-corrected chi connectivity index (χ2v) is 10.1. The Morgan fingerprint density at radius 2 is 1.97 bits per heavy atom. The van der Waals surface area contributed by atoms with Crippen LogP contribution in [0.3, 0.4) is 0 Å². The van der Waals surface area contributed by atoms with Gasteiger partial charge in [0.15, 0.2) is 0 Å². The molecule has 6 nitrogen and oxygen atoms in total. The van der Waals surface area contributed by atoms with Gasteiger partial charge in [-0.05, 0) is 68.7 Å². The first-order valence-electron chi connectivity index (χ1n) is 10.3. The Hall–Kier alpha value is -2.30. The number of alkyl halides is 3. The summed E-state index contributed by atoms with van der Waals surface area (Å²) in [4.78, 5) is 12.8. The number of rotatable bonds is 6. The van der Waals surface area contributed by atoms with Crippen LogP contribution in [-0.4, -0.2) is 38.3 Å². The topological polar surface area (TPSA) is 75.7 Å². The molecular formula is C22H24ClF3N2O4S. The van der Waals surface area contributed by atoms with Crippen LogP contribution in [0.4, 0.5) is 18.9 Å². The number of halogens is 4. The standard InChI is InChI=1S/C22H24ClF3N2O4S/c1-3-32-20-9-7-17(11-14(20)2)33(30,31)28-10-4-5-15(13-28)21(29)27-16-6-8-19(23)18(12-16)22(24,25)26/h6-9,11-12,15H,3-5,10,13H2,1-2H3,(H,27,29)/t15-/m1/s1. The zero-order valence-electron chi connectivity index (χ0n) is 18.1. The number of ether oxygens (including phenoxy) is 1. The third kappa shape index (κ3) is 5.80. The van der Waals surface area contributed by atoms with Crippen molar-refractivity contribution < 1.29 is 31.1 Å². The molecule has 1 saturated heterocycles. The third-order valence-corrected chi connectivity index (χ3v) is 7.57. The Kier molecular flexibility index (Phi) is 7.60. The molecule has 1 fully saturated rings. The van der Waals surface area contributed by atoms with Crippen molar-refractivity contribution in [2.75, 3.05) is 25.0 Å². The van der Waals surface area contributed by atoms with E-state index in [0.29, 0.717) is 30.8 Å². The van der Waals surface area contributed by atoms with Gasteiger partial charge in [0.05, 0.1) is 28.0 Å². The average molecular weight is 505 g/mol. The van der Waals surface area contributed by atoms with Gasteiger partial charge in [0.2, 0.25) is 15.9 Å². The summed E-state index contributed by atoms with van der Waals surface area (Å²) < 4.78 is 72.2. The van der Waals surface area contributed by atoms with Crippen molar-refractivity contribution in [1.29, 1.82) is 0 Å². The van der Waals surface area contributed by atoms with Gasteiger partial charge in [-0.25, -0.2) is 8.42 Å². The van der Waals surface area contributed by atoms with E-state index in [9.17, 15) is 26.4 Å². The molecule has 0 spiro atoms. The normalized spacial score (nSPS) is 17.6. The smallest absolute Gasteiger partial charge is 0.417 e. The second kappa shape index (κ2) is 9.90. The Morgan fingerprint density at radius 1 is 1.24 bits per heavy atom. The minimum atomic E-state index is -4.66. The molecule has 0 radical (unpaired) electrons. The number of nitrogens with zero attached hydrogens (tertiary/aromatic N) is 1. The van der Waals surface area contributed by atoms with Crippen LogP contribution < -0.4 is 10.1 Å². The van der Waals surface area contributed by atoms with Crippen LogP contribution in [0.25, 0.3) is 0 Å². The van der Waals surface area contributed by atoms with Crippen molar-refractivity contribution in [2.24, 2.45) is 5.92 Å². The van der Waals surface area contributed by atoms with Crippen LogP contribution in [0.5, 0.6) is 5.75 Å². The fourth-order valence-electron chi connectivity index (χ4n) is 3.69. The maximum absolute atomic E-state index is 13.1. The third-order valence-electron chi connectivity index (χ3n) is 5.38. The number of nitrogens with one attached hydrogen (secondary N) is 1. The predicted octanol–water partition coefficient (Wildman–Crippen LogP) is 5.11. The highest BCUT2D eigenvalue weighted by Gasteiger charge is 2.35. The lowest BCUT2D eigenvalue weighted by molar-refractivity contribution is -0.137. The molecule has 0 unspecified atom stereocenters. The summed E-state index contributed by atoms with van der Waals surface area (Å²) in [5.74, 6) is -0.663. The van der Waals surface area contributed by atoms with Crippen LogP contribution in [0, 0.1) is 12.8 Å². The molecule has 0 saturated carbocycles. The van der Waals surface area contributed by atoms with E-state index >= 15 is 0 Å². The SMILES string of the molecule is CCOc1ccc(S(=O)(=O)N2CCC[C@@H](C(=O)Nc3ccc(Cl)c(C(F)(F)F)c3)C2)cc1C. The van der Waals surface area contributed by atoms with Crippen LogP contribution in [0.1, 0.15) is 30.9 Å². The average Bonchev–Trinajstić information content (AvgIpc) is 2.76. The van der Waals surface area contributed by atoms with Crippen LogP contribution in [0.15, 0.2) is 41.3 Å². The number of piperidine rings is 1. The van der Waals surface area contributed by atoms with E-state index < -0.39 is 38.6 Å². The predicted molar refractivity (Wildman–Crippen MR) is 119 cm³/mol. The summed E-state index contributed by atoms with van der Waals surface area (Å²) in [7, 11) is -3.86. The molecule has 1 atom stereocenters. The largest absolute Gasteiger partial charge is 0.494 e. The summed E-state index contributed by atoms with van der Waals surface area (Å²) in [6.45, 7) is 4.21. The highest BCUT2D eigenvalue weighted by molar-refractivity contribution is 7.89. The summed E-state index contributed by atoms with van der Waals surface area (Å²) in [5, 5.41) is 1.99. The molecule has 1 aliphatic rings. The quantitative estimate of drug-likeness (QED) is 0.593. The van der Waals surface area contributed by atoms with E-state index in [1.165, 1.54) is 22.5 Å². The minimum Gasteiger partial charge on any atom is -0.494 e. The van der Waals surface area contributed by atoms with E-state index in [-0.39, 0.29) is 23.7 Å². The number of anilines is 1. The number of sulfonamides is 1. The molecule has 11 heteroatoms. The molecular weight excluding hydrogens is 481 g/mol. The number of hydrogen-bond acceptors (Lipinski definition) is 4. The summed E-state index contributed by atoms with van der Waals surface area (Å²) in [6.07, 6.45) is -3.80. The van der Waals surface area contributed by atoms with Gasteiger partial charge in [-0.1, -0.05) is 11.6 Å².